The number of dihydropyridines is 1. The highest BCUT2D eigenvalue weighted by molar-refractivity contribution is 8.03. The molecule has 2 aromatic carbocycles. The third kappa shape index (κ3) is 5.57. The molecular weight excluding hydrogens is 517 g/mol. The molecule has 1 heterocycles. The van der Waals surface area contributed by atoms with Crippen LogP contribution in [-0.2, 0) is 9.59 Å². The molecule has 4 rings (SSSR count). The smallest absolute Gasteiger partial charge is 0.234 e. The Morgan fingerprint density at radius 2 is 1.89 bits per heavy atom. The summed E-state index contributed by atoms with van der Waals surface area (Å²) in [4.78, 5) is 26.1. The topological polar surface area (TPSA) is 91.2 Å². The van der Waals surface area contributed by atoms with E-state index in [-0.39, 0.29) is 22.9 Å². The number of Topliss-reactive ketones (excluding diaryl/α,β-unsaturated/α-hetero) is 1. The third-order valence-corrected chi connectivity index (χ3v) is 7.62. The van der Waals surface area contributed by atoms with Gasteiger partial charge < -0.3 is 15.4 Å². The first-order valence-electron chi connectivity index (χ1n) is 11.3. The monoisotopic (exact) mass is 541 g/mol. The molecule has 9 heteroatoms. The Morgan fingerprint density at radius 3 is 2.56 bits per heavy atom. The average molecular weight is 542 g/mol. The Balaban J connectivity index is 1.64. The second-order valence-corrected chi connectivity index (χ2v) is 11.3. The minimum absolute atomic E-state index is 0.0243. The fourth-order valence-electron chi connectivity index (χ4n) is 4.58. The average Bonchev–Trinajstić information content (AvgIpc) is 2.81. The fourth-order valence-corrected chi connectivity index (χ4v) is 5.74. The van der Waals surface area contributed by atoms with Crippen molar-refractivity contribution in [3.8, 4) is 11.8 Å². The number of carbonyl (C=O) groups excluding carboxylic acids is 2. The summed E-state index contributed by atoms with van der Waals surface area (Å²) < 4.78 is 5.30. The SMILES string of the molecule is COc1ccc(Cl)cc1NC(=O)CSC1=C(C#N)[C@H](c2ccc(Cl)cc2)C2=C(CC(C)(C)CC2=O)N1. The van der Waals surface area contributed by atoms with Gasteiger partial charge in [-0.25, -0.2) is 0 Å². The minimum Gasteiger partial charge on any atom is -0.495 e. The van der Waals surface area contributed by atoms with Crippen LogP contribution in [0.5, 0.6) is 5.75 Å². The molecule has 0 spiro atoms. The quantitative estimate of drug-likeness (QED) is 0.437. The molecule has 2 aromatic rings. The highest BCUT2D eigenvalue weighted by Gasteiger charge is 2.42. The molecule has 6 nitrogen and oxygen atoms in total. The lowest BCUT2D eigenvalue weighted by molar-refractivity contribution is -0.118. The van der Waals surface area contributed by atoms with Gasteiger partial charge in [0.1, 0.15) is 5.75 Å². The summed E-state index contributed by atoms with van der Waals surface area (Å²) in [6.45, 7) is 4.10. The minimum atomic E-state index is -0.522. The normalized spacial score (nSPS) is 18.8. The molecule has 1 amide bonds. The van der Waals surface area contributed by atoms with Crippen LogP contribution in [0, 0.1) is 16.7 Å². The number of allylic oxidation sites excluding steroid dienone is 3. The summed E-state index contributed by atoms with van der Waals surface area (Å²) in [5.74, 6) is -0.251. The summed E-state index contributed by atoms with van der Waals surface area (Å²) in [5.41, 5.74) is 2.88. The van der Waals surface area contributed by atoms with Crippen molar-refractivity contribution in [2.45, 2.75) is 32.6 Å². The molecule has 2 aliphatic rings. The van der Waals surface area contributed by atoms with Crippen LogP contribution >= 0.6 is 35.0 Å². The number of nitriles is 1. The van der Waals surface area contributed by atoms with Crippen LogP contribution in [-0.4, -0.2) is 24.6 Å². The van der Waals surface area contributed by atoms with Crippen LogP contribution in [0.4, 0.5) is 5.69 Å². The lowest BCUT2D eigenvalue weighted by atomic mass is 9.69. The van der Waals surface area contributed by atoms with Gasteiger partial charge in [-0.15, -0.1) is 0 Å². The number of anilines is 1. The number of halogens is 2. The van der Waals surface area contributed by atoms with Crippen molar-refractivity contribution in [2.75, 3.05) is 18.2 Å². The number of nitrogens with one attached hydrogen (secondary N) is 2. The Hall–Kier alpha value is -2.92. The van der Waals surface area contributed by atoms with Gasteiger partial charge in [-0.3, -0.25) is 9.59 Å². The Morgan fingerprint density at radius 1 is 1.19 bits per heavy atom. The molecule has 0 unspecified atom stereocenters. The summed E-state index contributed by atoms with van der Waals surface area (Å²) in [7, 11) is 1.51. The first-order chi connectivity index (χ1) is 17.1. The van der Waals surface area contributed by atoms with E-state index in [0.717, 1.165) is 11.3 Å². The van der Waals surface area contributed by atoms with Gasteiger partial charge in [0, 0.05) is 27.7 Å². The van der Waals surface area contributed by atoms with Crippen LogP contribution in [0.2, 0.25) is 10.0 Å². The molecule has 1 atom stereocenters. The molecule has 1 aliphatic heterocycles. The molecule has 0 aromatic heterocycles. The lowest BCUT2D eigenvalue weighted by Crippen LogP contribution is -2.37. The Bertz CT molecular complexity index is 1330. The van der Waals surface area contributed by atoms with Gasteiger partial charge in [0.2, 0.25) is 5.91 Å². The number of ether oxygens (including phenoxy) is 1. The van der Waals surface area contributed by atoms with Crippen LogP contribution in [0.3, 0.4) is 0 Å². The van der Waals surface area contributed by atoms with Gasteiger partial charge in [-0.1, -0.05) is 60.9 Å². The van der Waals surface area contributed by atoms with Crippen molar-refractivity contribution < 1.29 is 14.3 Å². The van der Waals surface area contributed by atoms with Gasteiger partial charge in [-0.05, 0) is 47.7 Å². The zero-order chi connectivity index (χ0) is 26.0. The van der Waals surface area contributed by atoms with Crippen LogP contribution in [0.15, 0.2) is 64.3 Å². The van der Waals surface area contributed by atoms with E-state index in [1.807, 2.05) is 12.1 Å². The summed E-state index contributed by atoms with van der Waals surface area (Å²) in [6.07, 6.45) is 1.06. The molecule has 0 radical (unpaired) electrons. The van der Waals surface area contributed by atoms with Crippen molar-refractivity contribution in [3.63, 3.8) is 0 Å². The highest BCUT2D eigenvalue weighted by atomic mass is 35.5. The maximum absolute atomic E-state index is 13.3. The number of carbonyl (C=O) groups is 2. The van der Waals surface area contributed by atoms with E-state index in [4.69, 9.17) is 27.9 Å². The van der Waals surface area contributed by atoms with Crippen molar-refractivity contribution in [1.82, 2.24) is 5.32 Å². The molecule has 186 valence electrons. The van der Waals surface area contributed by atoms with Gasteiger partial charge in [-0.2, -0.15) is 5.26 Å². The molecule has 36 heavy (non-hydrogen) atoms. The molecule has 0 bridgehead atoms. The van der Waals surface area contributed by atoms with E-state index in [9.17, 15) is 14.9 Å². The van der Waals surface area contributed by atoms with E-state index in [1.54, 1.807) is 30.3 Å². The molecule has 1 aliphatic carbocycles. The van der Waals surface area contributed by atoms with E-state index < -0.39 is 5.92 Å². The summed E-state index contributed by atoms with van der Waals surface area (Å²) in [6, 6.07) is 14.5. The van der Waals surface area contributed by atoms with Crippen molar-refractivity contribution in [1.29, 1.82) is 5.26 Å². The highest BCUT2D eigenvalue weighted by Crippen LogP contribution is 2.48. The Kier molecular flexibility index (Phi) is 7.70. The fraction of sp³-hybridized carbons (Fsp3) is 0.296. The third-order valence-electron chi connectivity index (χ3n) is 6.11. The number of hydrogen-bond acceptors (Lipinski definition) is 6. The number of hydrogen-bond donors (Lipinski definition) is 2. The standard InChI is InChI=1S/C27H25Cl2N3O3S/c1-27(2)11-20-25(21(33)12-27)24(15-4-6-16(28)7-5-15)18(13-30)26(32-20)36-14-23(34)31-19-10-17(29)8-9-22(19)35-3/h4-10,24,32H,11-12,14H2,1-3H3,(H,31,34)/t24-/m0/s1. The number of methoxy groups -OCH3 is 1. The second kappa shape index (κ2) is 10.6. The number of ketones is 1. The van der Waals surface area contributed by atoms with Gasteiger partial charge >= 0.3 is 0 Å². The van der Waals surface area contributed by atoms with Gasteiger partial charge in [0.15, 0.2) is 5.78 Å². The molecule has 2 N–H and O–H groups in total. The predicted octanol–water partition coefficient (Wildman–Crippen LogP) is 6.44. The van der Waals surface area contributed by atoms with E-state index >= 15 is 0 Å². The number of benzene rings is 2. The number of amides is 1. The van der Waals surface area contributed by atoms with Crippen LogP contribution in [0.1, 0.15) is 38.2 Å². The van der Waals surface area contributed by atoms with Crippen LogP contribution in [0.25, 0.3) is 0 Å². The molecule has 0 saturated carbocycles. The Labute approximate surface area is 224 Å². The van der Waals surface area contributed by atoms with Crippen molar-refractivity contribution in [2.24, 2.45) is 5.41 Å². The van der Waals surface area contributed by atoms with Gasteiger partial charge in [0.25, 0.3) is 0 Å². The number of thioether (sulfide) groups is 1. The van der Waals surface area contributed by atoms with Crippen LogP contribution < -0.4 is 15.4 Å². The summed E-state index contributed by atoms with van der Waals surface area (Å²) >= 11 is 13.4. The number of nitrogens with zero attached hydrogens (tertiary/aromatic N) is 1. The van der Waals surface area contributed by atoms with E-state index in [0.29, 0.717) is 50.5 Å². The van der Waals surface area contributed by atoms with Crippen molar-refractivity contribution >= 4 is 52.3 Å². The first-order valence-corrected chi connectivity index (χ1v) is 13.0. The van der Waals surface area contributed by atoms with Crippen molar-refractivity contribution in [3.05, 3.63) is 79.9 Å². The van der Waals surface area contributed by atoms with Gasteiger partial charge in [0.05, 0.1) is 41.1 Å². The largest absolute Gasteiger partial charge is 0.495 e. The zero-order valence-corrected chi connectivity index (χ0v) is 22.4. The van der Waals surface area contributed by atoms with E-state index in [1.165, 1.54) is 18.9 Å². The maximum atomic E-state index is 13.3. The lowest BCUT2D eigenvalue weighted by Gasteiger charge is -2.39. The first kappa shape index (κ1) is 26.2. The molecule has 0 saturated heterocycles. The van der Waals surface area contributed by atoms with E-state index in [2.05, 4.69) is 30.6 Å². The maximum Gasteiger partial charge on any atom is 0.234 e. The molecular formula is C27H25Cl2N3O3S. The second-order valence-electron chi connectivity index (χ2n) is 9.48. The summed E-state index contributed by atoms with van der Waals surface area (Å²) in [5, 5.41) is 17.9. The zero-order valence-electron chi connectivity index (χ0n) is 20.1. The molecule has 0 fully saturated rings. The predicted molar refractivity (Wildman–Crippen MR) is 144 cm³/mol. The number of rotatable bonds is 6.